The van der Waals surface area contributed by atoms with E-state index in [0.717, 1.165) is 33.4 Å². The van der Waals surface area contributed by atoms with Gasteiger partial charge in [-0.1, -0.05) is 125 Å². The van der Waals surface area contributed by atoms with Crippen molar-refractivity contribution < 1.29 is 9.59 Å². The van der Waals surface area contributed by atoms with Gasteiger partial charge in [-0.25, -0.2) is 0 Å². The van der Waals surface area contributed by atoms with E-state index in [1.165, 1.54) is 16.7 Å². The van der Waals surface area contributed by atoms with Crippen LogP contribution in [0.3, 0.4) is 0 Å². The molecule has 0 aromatic heterocycles. The molecule has 2 N–H and O–H groups in total. The summed E-state index contributed by atoms with van der Waals surface area (Å²) in [7, 11) is -4.66. The molecule has 0 spiro atoms. The molecule has 4 nitrogen and oxygen atoms in total. The largest absolute Gasteiger partial charge is 0.408 e. The highest BCUT2D eigenvalue weighted by Crippen LogP contribution is 2.45. The van der Waals surface area contributed by atoms with Crippen molar-refractivity contribution in [2.45, 2.75) is 46.1 Å². The Morgan fingerprint density at radius 2 is 1.37 bits per heavy atom. The molecule has 0 radical (unpaired) electrons. The van der Waals surface area contributed by atoms with E-state index in [1.807, 2.05) is 12.1 Å². The van der Waals surface area contributed by atoms with Crippen molar-refractivity contribution >= 4 is 39.1 Å². The van der Waals surface area contributed by atoms with Gasteiger partial charge in [-0.2, -0.15) is 0 Å². The van der Waals surface area contributed by atoms with Gasteiger partial charge in [-0.3, -0.25) is 9.59 Å². The molecule has 1 unspecified atom stereocenters. The van der Waals surface area contributed by atoms with Crippen molar-refractivity contribution in [1.82, 2.24) is 10.5 Å². The molecule has 1 fully saturated rings. The van der Waals surface area contributed by atoms with Gasteiger partial charge in [0.1, 0.15) is 15.9 Å². The van der Waals surface area contributed by atoms with E-state index < -0.39 is 15.9 Å². The normalized spacial score (nSPS) is 17.2. The van der Waals surface area contributed by atoms with Gasteiger partial charge in [-0.15, -0.1) is 0 Å². The SMILES string of the molecule is CC(C)C1=Cc2cccc(-c3cc(-c4ccccc4)cc(-c4ccccc4)c3)c2C1NC(=O)[Si](C)(C)B1NC(=O)[Si]1(C)C. The Morgan fingerprint density at radius 1 is 0.814 bits per heavy atom. The summed E-state index contributed by atoms with van der Waals surface area (Å²) in [5, 5.41) is 6.66. The molecule has 0 bridgehead atoms. The number of nitrogens with one attached hydrogen (secondary N) is 2. The van der Waals surface area contributed by atoms with Gasteiger partial charge in [0.2, 0.25) is 0 Å². The molecule has 216 valence electrons. The number of amides is 2. The van der Waals surface area contributed by atoms with Crippen LogP contribution in [0.4, 0.5) is 9.59 Å². The van der Waals surface area contributed by atoms with Crippen LogP contribution in [0, 0.1) is 5.92 Å². The summed E-state index contributed by atoms with van der Waals surface area (Å²) in [5.41, 5.74) is 10.7. The summed E-state index contributed by atoms with van der Waals surface area (Å²) in [6.07, 6.45) is 2.27. The van der Waals surface area contributed by atoms with Gasteiger partial charge in [0, 0.05) is 0 Å². The highest BCUT2D eigenvalue weighted by molar-refractivity contribution is 7.75. The van der Waals surface area contributed by atoms with Crippen molar-refractivity contribution in [1.29, 1.82) is 0 Å². The minimum absolute atomic E-state index is 0.0334. The lowest BCUT2D eigenvalue weighted by Gasteiger charge is -2.46. The van der Waals surface area contributed by atoms with Crippen LogP contribution in [-0.4, -0.2) is 33.0 Å². The predicted molar refractivity (Wildman–Crippen MR) is 186 cm³/mol. The summed E-state index contributed by atoms with van der Waals surface area (Å²) >= 11 is 0. The average Bonchev–Trinajstić information content (AvgIpc) is 3.39. The molecule has 2 aliphatic rings. The molecule has 1 aliphatic carbocycles. The van der Waals surface area contributed by atoms with E-state index in [2.05, 4.69) is 142 Å². The smallest absolute Gasteiger partial charge is 0.254 e. The van der Waals surface area contributed by atoms with E-state index in [1.54, 1.807) is 0 Å². The highest BCUT2D eigenvalue weighted by Gasteiger charge is 2.63. The minimum atomic E-state index is -2.50. The first-order valence-electron chi connectivity index (χ1n) is 15.2. The highest BCUT2D eigenvalue weighted by atomic mass is 28.4. The first-order valence-corrected chi connectivity index (χ1v) is 21.4. The molecule has 2 amide bonds. The number of carbonyl (C=O) groups is 2. The lowest BCUT2D eigenvalue weighted by Crippen LogP contribution is -2.87. The molecule has 1 saturated heterocycles. The standard InChI is InChI=1S/C36H39BN2O2Si2/c1-24(2)32-23-27-18-13-19-31(33(27)34(32)38-35(40)42(3,4)37-39-36(41)43(37,5)6)30-21-28(25-14-9-7-10-15-25)20-29(22-30)26-16-11-8-12-17-26/h7-24,34H,1-6H3,(H,38,40)(H,39,41). The first kappa shape index (κ1) is 29.1. The Morgan fingerprint density at radius 3 is 1.88 bits per heavy atom. The van der Waals surface area contributed by atoms with Gasteiger partial charge in [0.25, 0.3) is 6.03 Å². The zero-order chi connectivity index (χ0) is 30.5. The number of hydrogen-bond donors (Lipinski definition) is 2. The molecule has 1 aliphatic heterocycles. The Balaban J connectivity index is 1.46. The Bertz CT molecular complexity index is 1690. The maximum atomic E-state index is 14.1. The fraction of sp³-hybridized carbons (Fsp3) is 0.222. The lowest BCUT2D eigenvalue weighted by atomic mass is 9.87. The van der Waals surface area contributed by atoms with Crippen LogP contribution in [0.1, 0.15) is 31.0 Å². The maximum absolute atomic E-state index is 14.1. The molecule has 4 aromatic rings. The molecular formula is C36H39BN2O2Si2. The second-order valence-electron chi connectivity index (χ2n) is 13.4. The van der Waals surface area contributed by atoms with E-state index in [-0.39, 0.29) is 29.1 Å². The fourth-order valence-corrected chi connectivity index (χ4v) is 17.3. The van der Waals surface area contributed by atoms with Gasteiger partial charge in [0.05, 0.1) is 6.04 Å². The van der Waals surface area contributed by atoms with E-state index in [4.69, 9.17) is 0 Å². The summed E-state index contributed by atoms with van der Waals surface area (Å²) in [6.45, 7) is 12.8. The number of carbonyl (C=O) groups excluding carboxylic acids is 2. The van der Waals surface area contributed by atoms with Crippen LogP contribution >= 0.6 is 0 Å². The third-order valence-electron chi connectivity index (χ3n) is 9.37. The van der Waals surface area contributed by atoms with Gasteiger partial charge < -0.3 is 10.5 Å². The third kappa shape index (κ3) is 5.15. The van der Waals surface area contributed by atoms with Gasteiger partial charge in [-0.05, 0) is 74.2 Å². The van der Waals surface area contributed by atoms with Crippen LogP contribution in [0.15, 0.2) is 103 Å². The van der Waals surface area contributed by atoms with Crippen LogP contribution in [0.25, 0.3) is 39.5 Å². The molecule has 1 atom stereocenters. The Labute approximate surface area is 257 Å². The zero-order valence-corrected chi connectivity index (χ0v) is 27.9. The quantitative estimate of drug-likeness (QED) is 0.209. The third-order valence-corrected chi connectivity index (χ3v) is 19.5. The number of rotatable bonds is 7. The maximum Gasteiger partial charge on any atom is 0.254 e. The number of fused-ring (bicyclic) bond motifs is 1. The van der Waals surface area contributed by atoms with E-state index >= 15 is 0 Å². The Kier molecular flexibility index (Phi) is 7.43. The lowest BCUT2D eigenvalue weighted by molar-refractivity contribution is 0.256. The van der Waals surface area contributed by atoms with E-state index in [9.17, 15) is 9.59 Å². The second kappa shape index (κ2) is 11.0. The summed E-state index contributed by atoms with van der Waals surface area (Å²) < 4.78 is 0. The number of benzene rings is 4. The van der Waals surface area contributed by atoms with Crippen LogP contribution in [0.5, 0.6) is 0 Å². The van der Waals surface area contributed by atoms with Crippen molar-refractivity contribution in [2.75, 3.05) is 0 Å². The minimum Gasteiger partial charge on any atom is -0.408 e. The van der Waals surface area contributed by atoms with Crippen LogP contribution in [0.2, 0.25) is 26.2 Å². The summed E-state index contributed by atoms with van der Waals surface area (Å²) in [6, 6.07) is 34.1. The molecule has 7 heteroatoms. The molecule has 6 rings (SSSR count). The van der Waals surface area contributed by atoms with Gasteiger partial charge in [0.15, 0.2) is 11.1 Å². The average molecular weight is 599 g/mol. The molecule has 4 aromatic carbocycles. The van der Waals surface area contributed by atoms with Crippen LogP contribution in [-0.2, 0) is 0 Å². The topological polar surface area (TPSA) is 58.2 Å². The van der Waals surface area contributed by atoms with Crippen molar-refractivity contribution in [3.8, 4) is 33.4 Å². The fourth-order valence-electron chi connectivity index (χ4n) is 6.83. The first-order chi connectivity index (χ1) is 20.5. The van der Waals surface area contributed by atoms with Crippen LogP contribution < -0.4 is 10.5 Å². The number of hydrogen-bond acceptors (Lipinski definition) is 2. The molecular weight excluding hydrogens is 559 g/mol. The summed E-state index contributed by atoms with van der Waals surface area (Å²) in [4.78, 5) is 26.5. The monoisotopic (exact) mass is 598 g/mol. The zero-order valence-electron chi connectivity index (χ0n) is 25.9. The predicted octanol–water partition coefficient (Wildman–Crippen LogP) is 8.94. The van der Waals surface area contributed by atoms with Crippen molar-refractivity contribution in [3.63, 3.8) is 0 Å². The molecule has 43 heavy (non-hydrogen) atoms. The van der Waals surface area contributed by atoms with Crippen molar-refractivity contribution in [2.24, 2.45) is 5.92 Å². The molecule has 0 saturated carbocycles. The van der Waals surface area contributed by atoms with Crippen molar-refractivity contribution in [3.05, 3.63) is 114 Å². The summed E-state index contributed by atoms with van der Waals surface area (Å²) in [5.74, 6) is 0.264. The molecule has 1 heterocycles. The van der Waals surface area contributed by atoms with Gasteiger partial charge >= 0.3 is 0 Å². The van der Waals surface area contributed by atoms with E-state index in [0.29, 0.717) is 0 Å². The second-order valence-corrected chi connectivity index (χ2v) is 22.9. The Hall–Kier alpha value is -3.94.